The summed E-state index contributed by atoms with van der Waals surface area (Å²) in [5.41, 5.74) is 6.59. The number of carbonyl (C=O) groups excluding carboxylic acids is 3. The fourth-order valence-corrected chi connectivity index (χ4v) is 4.38. The molecule has 0 saturated heterocycles. The van der Waals surface area contributed by atoms with Crippen LogP contribution in [0.15, 0.2) is 24.3 Å². The highest BCUT2D eigenvalue weighted by Crippen LogP contribution is 2.37. The van der Waals surface area contributed by atoms with E-state index in [2.05, 4.69) is 5.32 Å². The SMILES string of the molecule is CCOC(=O)N1CCc2c(sc(NC(=O)COc3ccc(Cl)cc3)c2C(N)=O)C1. The number of nitrogens with two attached hydrogens (primary N) is 1. The van der Waals surface area contributed by atoms with Crippen molar-refractivity contribution in [1.82, 2.24) is 4.90 Å². The molecule has 0 unspecified atom stereocenters. The number of rotatable bonds is 6. The van der Waals surface area contributed by atoms with E-state index >= 15 is 0 Å². The maximum absolute atomic E-state index is 12.3. The van der Waals surface area contributed by atoms with E-state index < -0.39 is 17.9 Å². The van der Waals surface area contributed by atoms with E-state index in [4.69, 9.17) is 26.8 Å². The monoisotopic (exact) mass is 437 g/mol. The molecule has 1 aliphatic heterocycles. The second-order valence-corrected chi connectivity index (χ2v) is 7.78. The standard InChI is InChI=1S/C19H20ClN3O5S/c1-2-27-19(26)23-8-7-13-14(9-23)29-18(16(13)17(21)25)22-15(24)10-28-12-5-3-11(20)4-6-12/h3-6H,2,7-10H2,1H3,(H2,21,25)(H,22,24). The molecule has 0 saturated carbocycles. The Balaban J connectivity index is 1.70. The Kier molecular flexibility index (Phi) is 6.60. The van der Waals surface area contributed by atoms with Gasteiger partial charge in [-0.05, 0) is 43.2 Å². The molecule has 1 aromatic heterocycles. The zero-order valence-corrected chi connectivity index (χ0v) is 17.3. The van der Waals surface area contributed by atoms with E-state index in [1.165, 1.54) is 11.3 Å². The second-order valence-electron chi connectivity index (χ2n) is 6.23. The molecule has 3 rings (SSSR count). The van der Waals surface area contributed by atoms with Gasteiger partial charge in [-0.2, -0.15) is 0 Å². The van der Waals surface area contributed by atoms with E-state index in [-0.39, 0.29) is 18.8 Å². The highest BCUT2D eigenvalue weighted by Gasteiger charge is 2.30. The second kappa shape index (κ2) is 9.15. The van der Waals surface area contributed by atoms with Gasteiger partial charge in [0.05, 0.1) is 18.7 Å². The van der Waals surface area contributed by atoms with Crippen molar-refractivity contribution in [2.75, 3.05) is 25.1 Å². The van der Waals surface area contributed by atoms with Gasteiger partial charge in [0.1, 0.15) is 10.8 Å². The van der Waals surface area contributed by atoms with Crippen molar-refractivity contribution in [2.45, 2.75) is 19.9 Å². The fraction of sp³-hybridized carbons (Fsp3) is 0.316. The molecule has 1 aromatic carbocycles. The van der Waals surface area contributed by atoms with Crippen LogP contribution in [0.4, 0.5) is 9.80 Å². The molecule has 0 fully saturated rings. The van der Waals surface area contributed by atoms with Crippen LogP contribution in [0.2, 0.25) is 5.02 Å². The summed E-state index contributed by atoms with van der Waals surface area (Å²) in [6.07, 6.45) is 0.0502. The number of halogens is 1. The molecule has 2 aromatic rings. The fourth-order valence-electron chi connectivity index (χ4n) is 2.97. The van der Waals surface area contributed by atoms with Gasteiger partial charge in [-0.1, -0.05) is 11.6 Å². The van der Waals surface area contributed by atoms with E-state index in [0.29, 0.717) is 35.3 Å². The molecule has 154 valence electrons. The number of nitrogens with one attached hydrogen (secondary N) is 1. The predicted octanol–water partition coefficient (Wildman–Crippen LogP) is 3.03. The third-order valence-corrected chi connectivity index (χ3v) is 5.65. The molecule has 1 aliphatic rings. The van der Waals surface area contributed by atoms with Crippen LogP contribution in [0.3, 0.4) is 0 Å². The van der Waals surface area contributed by atoms with Crippen LogP contribution in [-0.4, -0.2) is 42.6 Å². The molecule has 3 amide bonds. The first-order valence-corrected chi connectivity index (χ1v) is 10.1. The van der Waals surface area contributed by atoms with Gasteiger partial charge in [0.15, 0.2) is 6.61 Å². The average molecular weight is 438 g/mol. The number of benzene rings is 1. The summed E-state index contributed by atoms with van der Waals surface area (Å²) in [4.78, 5) is 38.6. The van der Waals surface area contributed by atoms with Crippen molar-refractivity contribution in [3.63, 3.8) is 0 Å². The predicted molar refractivity (Wildman–Crippen MR) is 110 cm³/mol. The number of carbonyl (C=O) groups is 3. The average Bonchev–Trinajstić information content (AvgIpc) is 3.04. The summed E-state index contributed by atoms with van der Waals surface area (Å²) in [6.45, 7) is 2.50. The van der Waals surface area contributed by atoms with Gasteiger partial charge in [0, 0.05) is 16.4 Å². The van der Waals surface area contributed by atoms with E-state index in [0.717, 1.165) is 10.4 Å². The van der Waals surface area contributed by atoms with Crippen LogP contribution in [-0.2, 0) is 22.5 Å². The minimum atomic E-state index is -0.624. The summed E-state index contributed by atoms with van der Waals surface area (Å²) in [5.74, 6) is -0.556. The van der Waals surface area contributed by atoms with Crippen molar-refractivity contribution < 1.29 is 23.9 Å². The number of anilines is 1. The Labute approximate surface area is 176 Å². The molecule has 3 N–H and O–H groups in total. The molecule has 2 heterocycles. The third kappa shape index (κ3) is 4.99. The Morgan fingerprint density at radius 2 is 2.00 bits per heavy atom. The molecule has 29 heavy (non-hydrogen) atoms. The molecule has 10 heteroatoms. The smallest absolute Gasteiger partial charge is 0.410 e. The number of fused-ring (bicyclic) bond motifs is 1. The summed E-state index contributed by atoms with van der Waals surface area (Å²) < 4.78 is 10.5. The number of ether oxygens (including phenoxy) is 2. The van der Waals surface area contributed by atoms with E-state index in [9.17, 15) is 14.4 Å². The maximum Gasteiger partial charge on any atom is 0.410 e. The van der Waals surface area contributed by atoms with Crippen LogP contribution >= 0.6 is 22.9 Å². The Morgan fingerprint density at radius 3 is 2.66 bits per heavy atom. The van der Waals surface area contributed by atoms with Gasteiger partial charge in [-0.3, -0.25) is 9.59 Å². The quantitative estimate of drug-likeness (QED) is 0.721. The van der Waals surface area contributed by atoms with Crippen LogP contribution in [0.25, 0.3) is 0 Å². The summed E-state index contributed by atoms with van der Waals surface area (Å²) in [7, 11) is 0. The van der Waals surface area contributed by atoms with E-state index in [1.807, 2.05) is 0 Å². The van der Waals surface area contributed by atoms with E-state index in [1.54, 1.807) is 36.1 Å². The number of thiophene rings is 1. The number of hydrogen-bond donors (Lipinski definition) is 2. The lowest BCUT2D eigenvalue weighted by Crippen LogP contribution is -2.36. The molecule has 0 radical (unpaired) electrons. The largest absolute Gasteiger partial charge is 0.484 e. The highest BCUT2D eigenvalue weighted by atomic mass is 35.5. The minimum Gasteiger partial charge on any atom is -0.484 e. The lowest BCUT2D eigenvalue weighted by Gasteiger charge is -2.26. The van der Waals surface area contributed by atoms with Crippen LogP contribution < -0.4 is 15.8 Å². The lowest BCUT2D eigenvalue weighted by molar-refractivity contribution is -0.118. The molecule has 0 aliphatic carbocycles. The van der Waals surface area contributed by atoms with Crippen molar-refractivity contribution in [3.05, 3.63) is 45.3 Å². The number of hydrogen-bond acceptors (Lipinski definition) is 6. The van der Waals surface area contributed by atoms with Crippen LogP contribution in [0.1, 0.15) is 27.7 Å². The molecular formula is C19H20ClN3O5S. The first kappa shape index (κ1) is 20.9. The summed E-state index contributed by atoms with van der Waals surface area (Å²) in [6, 6.07) is 6.61. The molecular weight excluding hydrogens is 418 g/mol. The highest BCUT2D eigenvalue weighted by molar-refractivity contribution is 7.17. The van der Waals surface area contributed by atoms with Gasteiger partial charge in [0.2, 0.25) is 0 Å². The summed E-state index contributed by atoms with van der Waals surface area (Å²) in [5, 5.41) is 3.62. The molecule has 0 bridgehead atoms. The Morgan fingerprint density at radius 1 is 1.28 bits per heavy atom. The molecule has 0 atom stereocenters. The zero-order chi connectivity index (χ0) is 21.0. The molecule has 8 nitrogen and oxygen atoms in total. The third-order valence-electron chi connectivity index (χ3n) is 4.27. The van der Waals surface area contributed by atoms with Gasteiger partial charge >= 0.3 is 6.09 Å². The zero-order valence-electron chi connectivity index (χ0n) is 15.7. The van der Waals surface area contributed by atoms with Crippen molar-refractivity contribution in [3.8, 4) is 5.75 Å². The number of nitrogens with zero attached hydrogens (tertiary/aromatic N) is 1. The van der Waals surface area contributed by atoms with Crippen LogP contribution in [0.5, 0.6) is 5.75 Å². The van der Waals surface area contributed by atoms with Gasteiger partial charge < -0.3 is 25.4 Å². The Hall–Kier alpha value is -2.78. The number of primary amides is 1. The lowest BCUT2D eigenvalue weighted by atomic mass is 10.0. The summed E-state index contributed by atoms with van der Waals surface area (Å²) >= 11 is 7.04. The van der Waals surface area contributed by atoms with Crippen molar-refractivity contribution >= 4 is 45.8 Å². The number of amides is 3. The van der Waals surface area contributed by atoms with Crippen molar-refractivity contribution in [1.29, 1.82) is 0 Å². The first-order chi connectivity index (χ1) is 13.9. The molecule has 0 spiro atoms. The topological polar surface area (TPSA) is 111 Å². The Bertz CT molecular complexity index is 929. The van der Waals surface area contributed by atoms with Gasteiger partial charge in [-0.15, -0.1) is 11.3 Å². The van der Waals surface area contributed by atoms with Crippen LogP contribution in [0, 0.1) is 0 Å². The minimum absolute atomic E-state index is 0.239. The normalized spacial score (nSPS) is 12.8. The maximum atomic E-state index is 12.3. The first-order valence-electron chi connectivity index (χ1n) is 8.93. The van der Waals surface area contributed by atoms with Crippen molar-refractivity contribution in [2.24, 2.45) is 5.73 Å². The van der Waals surface area contributed by atoms with Gasteiger partial charge in [0.25, 0.3) is 11.8 Å². The van der Waals surface area contributed by atoms with Gasteiger partial charge in [-0.25, -0.2) is 4.79 Å².